The molecule has 0 aliphatic heterocycles. The van der Waals surface area contributed by atoms with Crippen LogP contribution < -0.4 is 0 Å². The SMILES string of the molecule is COCC(O)CN(C)C(=O)CC(C)c1ccccc1C. The number of ether oxygens (including phenoxy) is 1. The zero-order valence-corrected chi connectivity index (χ0v) is 12.8. The molecule has 2 unspecified atom stereocenters. The van der Waals surface area contributed by atoms with E-state index in [9.17, 15) is 9.90 Å². The van der Waals surface area contributed by atoms with E-state index < -0.39 is 6.10 Å². The zero-order valence-electron chi connectivity index (χ0n) is 12.8. The maximum atomic E-state index is 12.2. The molecule has 112 valence electrons. The maximum absolute atomic E-state index is 12.2. The summed E-state index contributed by atoms with van der Waals surface area (Å²) in [4.78, 5) is 13.7. The summed E-state index contributed by atoms with van der Waals surface area (Å²) >= 11 is 0. The fourth-order valence-electron chi connectivity index (χ4n) is 2.33. The second kappa shape index (κ2) is 8.02. The van der Waals surface area contributed by atoms with Gasteiger partial charge in [0.2, 0.25) is 5.91 Å². The molecule has 0 saturated heterocycles. The molecule has 20 heavy (non-hydrogen) atoms. The van der Waals surface area contributed by atoms with E-state index in [1.54, 1.807) is 11.9 Å². The van der Waals surface area contributed by atoms with E-state index in [-0.39, 0.29) is 18.4 Å². The van der Waals surface area contributed by atoms with Crippen LogP contribution in [0.4, 0.5) is 0 Å². The quantitative estimate of drug-likeness (QED) is 0.830. The third-order valence-corrected chi connectivity index (χ3v) is 3.47. The lowest BCUT2D eigenvalue weighted by molar-refractivity contribution is -0.131. The van der Waals surface area contributed by atoms with Crippen LogP contribution in [0.2, 0.25) is 0 Å². The molecule has 0 fully saturated rings. The van der Waals surface area contributed by atoms with Crippen LogP contribution in [-0.2, 0) is 9.53 Å². The van der Waals surface area contributed by atoms with Crippen molar-refractivity contribution in [1.82, 2.24) is 4.90 Å². The Morgan fingerprint density at radius 2 is 2.05 bits per heavy atom. The highest BCUT2D eigenvalue weighted by Gasteiger charge is 2.18. The molecule has 1 aromatic rings. The van der Waals surface area contributed by atoms with Crippen molar-refractivity contribution < 1.29 is 14.6 Å². The molecule has 2 atom stereocenters. The van der Waals surface area contributed by atoms with E-state index in [4.69, 9.17) is 4.74 Å². The van der Waals surface area contributed by atoms with Gasteiger partial charge in [0.05, 0.1) is 12.7 Å². The standard InChI is InChI=1S/C16H25NO3/c1-12-7-5-6-8-15(12)13(2)9-16(19)17(3)10-14(18)11-20-4/h5-8,13-14,18H,9-11H2,1-4H3. The molecule has 0 aliphatic rings. The number of benzene rings is 1. The second-order valence-corrected chi connectivity index (χ2v) is 5.35. The van der Waals surface area contributed by atoms with Gasteiger partial charge in [0.25, 0.3) is 0 Å². The molecule has 1 aromatic carbocycles. The summed E-state index contributed by atoms with van der Waals surface area (Å²) in [5.74, 6) is 0.210. The fraction of sp³-hybridized carbons (Fsp3) is 0.562. The molecule has 1 amide bonds. The van der Waals surface area contributed by atoms with Crippen LogP contribution in [0, 0.1) is 6.92 Å². The van der Waals surface area contributed by atoms with E-state index in [1.807, 2.05) is 12.1 Å². The van der Waals surface area contributed by atoms with Crippen LogP contribution in [0.1, 0.15) is 30.4 Å². The van der Waals surface area contributed by atoms with E-state index in [0.717, 1.165) is 0 Å². The first-order valence-corrected chi connectivity index (χ1v) is 6.92. The number of rotatable bonds is 7. The summed E-state index contributed by atoms with van der Waals surface area (Å²) in [5.41, 5.74) is 2.40. The average molecular weight is 279 g/mol. The Morgan fingerprint density at radius 1 is 1.40 bits per heavy atom. The fourth-order valence-corrected chi connectivity index (χ4v) is 2.33. The summed E-state index contributed by atoms with van der Waals surface area (Å²) < 4.78 is 4.86. The average Bonchev–Trinajstić information content (AvgIpc) is 2.39. The van der Waals surface area contributed by atoms with Gasteiger partial charge in [0.15, 0.2) is 0 Å². The summed E-state index contributed by atoms with van der Waals surface area (Å²) in [6, 6.07) is 8.12. The van der Waals surface area contributed by atoms with E-state index in [1.165, 1.54) is 18.2 Å². The van der Waals surface area contributed by atoms with Crippen molar-refractivity contribution in [2.24, 2.45) is 0 Å². The number of aliphatic hydroxyl groups excluding tert-OH is 1. The molecular weight excluding hydrogens is 254 g/mol. The lowest BCUT2D eigenvalue weighted by atomic mass is 9.93. The number of carbonyl (C=O) groups is 1. The van der Waals surface area contributed by atoms with Gasteiger partial charge in [-0.25, -0.2) is 0 Å². The van der Waals surface area contributed by atoms with Crippen LogP contribution in [-0.4, -0.2) is 49.3 Å². The molecule has 0 heterocycles. The predicted octanol–water partition coefficient (Wildman–Crippen LogP) is 1.95. The van der Waals surface area contributed by atoms with Gasteiger partial charge >= 0.3 is 0 Å². The molecule has 0 bridgehead atoms. The van der Waals surface area contributed by atoms with Crippen LogP contribution in [0.3, 0.4) is 0 Å². The van der Waals surface area contributed by atoms with Gasteiger partial charge in [0, 0.05) is 27.1 Å². The number of amides is 1. The molecule has 1 rings (SSSR count). The Morgan fingerprint density at radius 3 is 2.65 bits per heavy atom. The first kappa shape index (κ1) is 16.7. The van der Waals surface area contributed by atoms with Crippen molar-refractivity contribution in [3.8, 4) is 0 Å². The van der Waals surface area contributed by atoms with Crippen molar-refractivity contribution >= 4 is 5.91 Å². The first-order chi connectivity index (χ1) is 9.45. The van der Waals surface area contributed by atoms with Crippen molar-refractivity contribution in [2.75, 3.05) is 27.3 Å². The second-order valence-electron chi connectivity index (χ2n) is 5.35. The third kappa shape index (κ3) is 4.94. The summed E-state index contributed by atoms with van der Waals surface area (Å²) in [5, 5.41) is 9.64. The number of hydrogen-bond donors (Lipinski definition) is 1. The topological polar surface area (TPSA) is 49.8 Å². The molecular formula is C16H25NO3. The zero-order chi connectivity index (χ0) is 15.1. The third-order valence-electron chi connectivity index (χ3n) is 3.47. The van der Waals surface area contributed by atoms with Gasteiger partial charge in [0.1, 0.15) is 0 Å². The van der Waals surface area contributed by atoms with E-state index >= 15 is 0 Å². The van der Waals surface area contributed by atoms with Crippen LogP contribution in [0.5, 0.6) is 0 Å². The number of likely N-dealkylation sites (N-methyl/N-ethyl adjacent to an activating group) is 1. The van der Waals surface area contributed by atoms with Gasteiger partial charge < -0.3 is 14.7 Å². The summed E-state index contributed by atoms with van der Waals surface area (Å²) in [6.45, 7) is 4.65. The Bertz CT molecular complexity index is 433. The lowest BCUT2D eigenvalue weighted by Crippen LogP contribution is -2.36. The number of aryl methyl sites for hydroxylation is 1. The highest BCUT2D eigenvalue weighted by molar-refractivity contribution is 5.76. The monoisotopic (exact) mass is 279 g/mol. The summed E-state index contributed by atoms with van der Waals surface area (Å²) in [6.07, 6.45) is -0.191. The largest absolute Gasteiger partial charge is 0.389 e. The van der Waals surface area contributed by atoms with Gasteiger partial charge in [-0.1, -0.05) is 31.2 Å². The number of methoxy groups -OCH3 is 1. The number of aliphatic hydroxyl groups is 1. The highest BCUT2D eigenvalue weighted by Crippen LogP contribution is 2.22. The normalized spacial score (nSPS) is 13.8. The smallest absolute Gasteiger partial charge is 0.223 e. The molecule has 0 radical (unpaired) electrons. The van der Waals surface area contributed by atoms with E-state index in [2.05, 4.69) is 26.0 Å². The van der Waals surface area contributed by atoms with Crippen LogP contribution >= 0.6 is 0 Å². The van der Waals surface area contributed by atoms with Crippen molar-refractivity contribution in [2.45, 2.75) is 32.3 Å². The molecule has 0 spiro atoms. The Balaban J connectivity index is 2.55. The molecule has 0 aliphatic carbocycles. The molecule has 0 aromatic heterocycles. The van der Waals surface area contributed by atoms with Gasteiger partial charge in [-0.3, -0.25) is 4.79 Å². The predicted molar refractivity (Wildman–Crippen MR) is 79.7 cm³/mol. The van der Waals surface area contributed by atoms with Crippen molar-refractivity contribution in [3.63, 3.8) is 0 Å². The molecule has 4 heteroatoms. The lowest BCUT2D eigenvalue weighted by Gasteiger charge is -2.22. The highest BCUT2D eigenvalue weighted by atomic mass is 16.5. The van der Waals surface area contributed by atoms with Crippen molar-refractivity contribution in [1.29, 1.82) is 0 Å². The minimum Gasteiger partial charge on any atom is -0.389 e. The van der Waals surface area contributed by atoms with Gasteiger partial charge in [-0.2, -0.15) is 0 Å². The van der Waals surface area contributed by atoms with E-state index in [0.29, 0.717) is 13.0 Å². The number of carbonyl (C=O) groups excluding carboxylic acids is 1. The van der Waals surface area contributed by atoms with Crippen LogP contribution in [0.25, 0.3) is 0 Å². The number of hydrogen-bond acceptors (Lipinski definition) is 3. The molecule has 4 nitrogen and oxygen atoms in total. The van der Waals surface area contributed by atoms with Crippen molar-refractivity contribution in [3.05, 3.63) is 35.4 Å². The Kier molecular flexibility index (Phi) is 6.68. The maximum Gasteiger partial charge on any atom is 0.223 e. The molecule has 1 N–H and O–H groups in total. The first-order valence-electron chi connectivity index (χ1n) is 6.92. The minimum absolute atomic E-state index is 0.0379. The Hall–Kier alpha value is -1.39. The summed E-state index contributed by atoms with van der Waals surface area (Å²) in [7, 11) is 3.25. The van der Waals surface area contributed by atoms with Gasteiger partial charge in [-0.15, -0.1) is 0 Å². The minimum atomic E-state index is -0.636. The Labute approximate surface area is 121 Å². The van der Waals surface area contributed by atoms with Gasteiger partial charge in [-0.05, 0) is 24.0 Å². The molecule has 0 saturated carbocycles. The van der Waals surface area contributed by atoms with Crippen LogP contribution in [0.15, 0.2) is 24.3 Å². The number of nitrogens with zero attached hydrogens (tertiary/aromatic N) is 1.